The van der Waals surface area contributed by atoms with Gasteiger partial charge in [-0.25, -0.2) is 0 Å². The van der Waals surface area contributed by atoms with Gasteiger partial charge in [0.05, 0.1) is 11.1 Å². The van der Waals surface area contributed by atoms with Gasteiger partial charge in [-0.3, -0.25) is 9.36 Å². The van der Waals surface area contributed by atoms with Crippen LogP contribution >= 0.6 is 19.2 Å². The van der Waals surface area contributed by atoms with Gasteiger partial charge >= 0.3 is 7.60 Å². The normalized spacial score (nSPS) is 14.2. The van der Waals surface area contributed by atoms with Crippen molar-refractivity contribution in [3.8, 4) is 22.3 Å². The van der Waals surface area contributed by atoms with E-state index in [1.54, 1.807) is 19.1 Å². The molecule has 4 aromatic rings. The van der Waals surface area contributed by atoms with E-state index in [4.69, 9.17) is 16.1 Å². The molecule has 7 heteroatoms. The quantitative estimate of drug-likeness (QED) is 0.334. The van der Waals surface area contributed by atoms with E-state index in [1.165, 1.54) is 6.07 Å². The number of H-pyrrole nitrogens is 1. The molecule has 1 aromatic heterocycles. The van der Waals surface area contributed by atoms with Crippen molar-refractivity contribution in [3.05, 3.63) is 88.2 Å². The van der Waals surface area contributed by atoms with Crippen molar-refractivity contribution in [2.45, 2.75) is 26.4 Å². The van der Waals surface area contributed by atoms with E-state index in [-0.39, 0.29) is 5.30 Å². The maximum absolute atomic E-state index is 12.7. The van der Waals surface area contributed by atoms with Crippen LogP contribution in [0.25, 0.3) is 33.2 Å². The minimum atomic E-state index is -4.28. The topological polar surface area (TPSA) is 79.4 Å². The summed E-state index contributed by atoms with van der Waals surface area (Å²) in [6, 6.07) is 22.9. The molecule has 32 heavy (non-hydrogen) atoms. The SMILES string of the molecule is CCC(C)OP(=O)(O)c1cc2cc(-c3ccc(-c4ccccc4)cc3)c(Cl)cc2[nH]c1=O. The Morgan fingerprint density at radius 2 is 1.62 bits per heavy atom. The lowest BCUT2D eigenvalue weighted by Gasteiger charge is -2.17. The Bertz CT molecular complexity index is 1370. The van der Waals surface area contributed by atoms with E-state index in [0.29, 0.717) is 22.3 Å². The number of nitrogens with one attached hydrogen (secondary N) is 1. The molecule has 2 atom stereocenters. The molecule has 0 saturated carbocycles. The van der Waals surface area contributed by atoms with Crippen LogP contribution in [0.4, 0.5) is 0 Å². The van der Waals surface area contributed by atoms with Gasteiger partial charge in [-0.2, -0.15) is 0 Å². The van der Waals surface area contributed by atoms with Crippen LogP contribution in [0.2, 0.25) is 5.02 Å². The highest BCUT2D eigenvalue weighted by atomic mass is 35.5. The fraction of sp³-hybridized carbons (Fsp3) is 0.160. The van der Waals surface area contributed by atoms with Crippen molar-refractivity contribution in [2.24, 2.45) is 0 Å². The Kier molecular flexibility index (Phi) is 6.36. The summed E-state index contributed by atoms with van der Waals surface area (Å²) in [6.45, 7) is 3.53. The molecule has 0 saturated heterocycles. The van der Waals surface area contributed by atoms with Gasteiger partial charge in [-0.15, -0.1) is 0 Å². The number of hydrogen-bond donors (Lipinski definition) is 2. The zero-order valence-electron chi connectivity index (χ0n) is 17.7. The van der Waals surface area contributed by atoms with Gasteiger partial charge in [0.15, 0.2) is 0 Å². The molecule has 0 fully saturated rings. The molecule has 1 heterocycles. The minimum Gasteiger partial charge on any atom is -0.321 e. The molecule has 4 rings (SSSR count). The second-order valence-corrected chi connectivity index (χ2v) is 9.83. The molecule has 0 amide bonds. The van der Waals surface area contributed by atoms with Gasteiger partial charge in [0.25, 0.3) is 5.56 Å². The Balaban J connectivity index is 1.76. The van der Waals surface area contributed by atoms with Gasteiger partial charge in [0.2, 0.25) is 0 Å². The van der Waals surface area contributed by atoms with E-state index in [1.807, 2.05) is 61.5 Å². The lowest BCUT2D eigenvalue weighted by molar-refractivity contribution is 0.192. The summed E-state index contributed by atoms with van der Waals surface area (Å²) in [5.74, 6) is 0. The maximum atomic E-state index is 12.7. The molecule has 5 nitrogen and oxygen atoms in total. The van der Waals surface area contributed by atoms with E-state index < -0.39 is 19.3 Å². The monoisotopic (exact) mass is 467 g/mol. The predicted molar refractivity (Wildman–Crippen MR) is 131 cm³/mol. The first-order valence-corrected chi connectivity index (χ1v) is 12.3. The van der Waals surface area contributed by atoms with E-state index in [9.17, 15) is 14.3 Å². The second-order valence-electron chi connectivity index (χ2n) is 7.69. The van der Waals surface area contributed by atoms with Crippen LogP contribution in [0.5, 0.6) is 0 Å². The summed E-state index contributed by atoms with van der Waals surface area (Å²) in [5.41, 5.74) is 3.67. The smallest absolute Gasteiger partial charge is 0.321 e. The number of aromatic amines is 1. The van der Waals surface area contributed by atoms with Gasteiger partial charge in [-0.05, 0) is 53.6 Å². The third kappa shape index (κ3) is 4.57. The van der Waals surface area contributed by atoms with Crippen LogP contribution in [0.1, 0.15) is 20.3 Å². The average molecular weight is 468 g/mol. The summed E-state index contributed by atoms with van der Waals surface area (Å²) in [7, 11) is -4.28. The second kappa shape index (κ2) is 9.05. The summed E-state index contributed by atoms with van der Waals surface area (Å²) >= 11 is 6.51. The van der Waals surface area contributed by atoms with E-state index >= 15 is 0 Å². The van der Waals surface area contributed by atoms with Crippen molar-refractivity contribution >= 4 is 35.4 Å². The van der Waals surface area contributed by atoms with E-state index in [2.05, 4.69) is 4.98 Å². The highest BCUT2D eigenvalue weighted by Gasteiger charge is 2.29. The molecule has 0 aliphatic carbocycles. The minimum absolute atomic E-state index is 0.280. The average Bonchev–Trinajstić information content (AvgIpc) is 2.78. The Hall–Kier alpha value is -2.69. The van der Waals surface area contributed by atoms with Crippen LogP contribution in [0.15, 0.2) is 77.6 Å². The zero-order chi connectivity index (χ0) is 22.9. The Labute approximate surface area is 191 Å². The highest BCUT2D eigenvalue weighted by molar-refractivity contribution is 7.61. The van der Waals surface area contributed by atoms with Gasteiger partial charge in [-0.1, -0.05) is 73.1 Å². The predicted octanol–water partition coefficient (Wildman–Crippen LogP) is 6.14. The first-order valence-electron chi connectivity index (χ1n) is 10.3. The summed E-state index contributed by atoms with van der Waals surface area (Å²) in [5, 5.41) is 0.780. The molecule has 164 valence electrons. The Morgan fingerprint density at radius 3 is 2.28 bits per heavy atom. The third-order valence-corrected chi connectivity index (χ3v) is 7.32. The number of rotatable bonds is 6. The number of halogens is 1. The third-order valence-electron chi connectivity index (χ3n) is 5.42. The molecular formula is C25H23ClNO4P. The summed E-state index contributed by atoms with van der Waals surface area (Å²) < 4.78 is 18.0. The first-order chi connectivity index (χ1) is 15.3. The highest BCUT2D eigenvalue weighted by Crippen LogP contribution is 2.42. The fourth-order valence-corrected chi connectivity index (χ4v) is 5.13. The molecule has 3 aromatic carbocycles. The van der Waals surface area contributed by atoms with Gasteiger partial charge in [0.1, 0.15) is 5.30 Å². The van der Waals surface area contributed by atoms with Crippen molar-refractivity contribution in [1.82, 2.24) is 4.98 Å². The summed E-state index contributed by atoms with van der Waals surface area (Å²) in [4.78, 5) is 25.5. The Morgan fingerprint density at radius 1 is 1.00 bits per heavy atom. The zero-order valence-corrected chi connectivity index (χ0v) is 19.4. The molecule has 0 bridgehead atoms. The standard InChI is InChI=1S/C25H23ClNO4P/c1-3-16(2)31-32(29,30)24-14-20-13-21(22(26)15-23(20)27-25(24)28)19-11-9-18(10-12-19)17-7-5-4-6-8-17/h4-16H,3H2,1-2H3,(H,27,28)(H,29,30). The molecule has 2 N–H and O–H groups in total. The molecular weight excluding hydrogens is 445 g/mol. The lowest BCUT2D eigenvalue weighted by atomic mass is 9.99. The fourth-order valence-electron chi connectivity index (χ4n) is 3.50. The number of fused-ring (bicyclic) bond motifs is 1. The van der Waals surface area contributed by atoms with Crippen LogP contribution in [-0.4, -0.2) is 16.0 Å². The van der Waals surface area contributed by atoms with Crippen molar-refractivity contribution < 1.29 is 14.0 Å². The summed E-state index contributed by atoms with van der Waals surface area (Å²) in [6.07, 6.45) is 0.0965. The van der Waals surface area contributed by atoms with Crippen molar-refractivity contribution in [1.29, 1.82) is 0 Å². The van der Waals surface area contributed by atoms with Gasteiger partial charge in [0, 0.05) is 11.1 Å². The number of aromatic nitrogens is 1. The number of pyridine rings is 1. The molecule has 0 spiro atoms. The van der Waals surface area contributed by atoms with Crippen LogP contribution < -0.4 is 10.9 Å². The largest absolute Gasteiger partial charge is 0.364 e. The van der Waals surface area contributed by atoms with Crippen LogP contribution in [-0.2, 0) is 9.09 Å². The first kappa shape index (κ1) is 22.5. The van der Waals surface area contributed by atoms with Crippen LogP contribution in [0, 0.1) is 0 Å². The van der Waals surface area contributed by atoms with Crippen molar-refractivity contribution in [3.63, 3.8) is 0 Å². The number of benzene rings is 3. The lowest BCUT2D eigenvalue weighted by Crippen LogP contribution is -2.29. The van der Waals surface area contributed by atoms with Crippen LogP contribution in [0.3, 0.4) is 0 Å². The van der Waals surface area contributed by atoms with Gasteiger partial charge < -0.3 is 14.4 Å². The number of hydrogen-bond acceptors (Lipinski definition) is 3. The molecule has 0 radical (unpaired) electrons. The van der Waals surface area contributed by atoms with E-state index in [0.717, 1.165) is 22.3 Å². The molecule has 2 unspecified atom stereocenters. The van der Waals surface area contributed by atoms with Crippen molar-refractivity contribution in [2.75, 3.05) is 0 Å². The molecule has 0 aliphatic rings. The maximum Gasteiger partial charge on any atom is 0.364 e. The molecule has 0 aliphatic heterocycles.